The van der Waals surface area contributed by atoms with Crippen LogP contribution in [0, 0.1) is 11.5 Å². The summed E-state index contributed by atoms with van der Waals surface area (Å²) in [7, 11) is 0. The largest absolute Gasteiger partial charge is 0.263 e. The molecule has 0 bridgehead atoms. The predicted molar refractivity (Wildman–Crippen MR) is 51.8 cm³/mol. The first-order valence-corrected chi connectivity index (χ1v) is 3.75. The molecular formula is C10H16ClTi-. The monoisotopic (exact) mass is 219 g/mol. The maximum Gasteiger partial charge on any atom is 0 e. The Morgan fingerprint density at radius 2 is 1.50 bits per heavy atom. The first-order valence-electron chi connectivity index (χ1n) is 3.75. The quantitative estimate of drug-likeness (QED) is 0.432. The molecule has 0 nitrogen and oxygen atoms in total. The summed E-state index contributed by atoms with van der Waals surface area (Å²) in [5.74, 6) is 0. The van der Waals surface area contributed by atoms with Crippen molar-refractivity contribution in [3.8, 4) is 0 Å². The van der Waals surface area contributed by atoms with Crippen LogP contribution in [0.5, 0.6) is 0 Å². The van der Waals surface area contributed by atoms with E-state index in [9.17, 15) is 0 Å². The van der Waals surface area contributed by atoms with Gasteiger partial charge in [0, 0.05) is 21.7 Å². The van der Waals surface area contributed by atoms with E-state index < -0.39 is 0 Å². The molecule has 0 aliphatic heterocycles. The maximum atomic E-state index is 3.44. The minimum atomic E-state index is 0. The zero-order valence-electron chi connectivity index (χ0n) is 8.41. The first kappa shape index (κ1) is 15.0. The number of allylic oxidation sites excluding steroid dienone is 4. The van der Waals surface area contributed by atoms with Crippen LogP contribution < -0.4 is 0 Å². The molecule has 1 aliphatic carbocycles. The number of rotatable bonds is 0. The third-order valence-corrected chi connectivity index (χ3v) is 2.56. The van der Waals surface area contributed by atoms with E-state index in [0.29, 0.717) is 0 Å². The van der Waals surface area contributed by atoms with Crippen molar-refractivity contribution >= 4 is 12.4 Å². The number of hydrogen-bond donors (Lipinski definition) is 0. The van der Waals surface area contributed by atoms with Gasteiger partial charge < -0.3 is 0 Å². The second-order valence-corrected chi connectivity index (χ2v) is 3.62. The third kappa shape index (κ3) is 2.48. The van der Waals surface area contributed by atoms with E-state index in [-0.39, 0.29) is 39.5 Å². The van der Waals surface area contributed by atoms with Gasteiger partial charge in [0.2, 0.25) is 0 Å². The van der Waals surface area contributed by atoms with Gasteiger partial charge in [0.15, 0.2) is 0 Å². The van der Waals surface area contributed by atoms with Crippen LogP contribution in [0.3, 0.4) is 0 Å². The zero-order chi connectivity index (χ0) is 7.94. The molecule has 0 aromatic carbocycles. The molecule has 0 fully saturated rings. The van der Waals surface area contributed by atoms with Crippen molar-refractivity contribution in [1.82, 2.24) is 0 Å². The van der Waals surface area contributed by atoms with E-state index >= 15 is 0 Å². The van der Waals surface area contributed by atoms with Gasteiger partial charge in [-0.05, 0) is 0 Å². The van der Waals surface area contributed by atoms with E-state index in [1.807, 2.05) is 0 Å². The Labute approximate surface area is 96.8 Å². The molecular weight excluding hydrogens is 203 g/mol. The minimum absolute atomic E-state index is 0. The van der Waals surface area contributed by atoms with Gasteiger partial charge in [0.25, 0.3) is 0 Å². The van der Waals surface area contributed by atoms with E-state index in [2.05, 4.69) is 40.7 Å². The Bertz CT molecular complexity index is 224. The van der Waals surface area contributed by atoms with E-state index in [0.717, 1.165) is 0 Å². The summed E-state index contributed by atoms with van der Waals surface area (Å²) in [4.78, 5) is 0. The molecule has 0 saturated heterocycles. The first-order chi connectivity index (χ1) is 4.45. The summed E-state index contributed by atoms with van der Waals surface area (Å²) in [6.07, 6.45) is 3.44. The van der Waals surface area contributed by atoms with Gasteiger partial charge >= 0.3 is 0 Å². The molecule has 0 aromatic rings. The number of halogens is 1. The van der Waals surface area contributed by atoms with Gasteiger partial charge in [-0.2, -0.15) is 11.1 Å². The molecule has 68 valence electrons. The zero-order valence-corrected chi connectivity index (χ0v) is 10.8. The Hall–Kier alpha value is 0.484. The summed E-state index contributed by atoms with van der Waals surface area (Å²) in [5.41, 5.74) is 4.39. The molecule has 12 heavy (non-hydrogen) atoms. The van der Waals surface area contributed by atoms with Crippen molar-refractivity contribution in [2.45, 2.75) is 34.6 Å². The SMILES string of the molecule is CC1=[C-]C(C)(C)C(C)=C1C.Cl.[Ti]. The van der Waals surface area contributed by atoms with Crippen molar-refractivity contribution in [3.05, 3.63) is 22.8 Å². The molecule has 0 radical (unpaired) electrons. The van der Waals surface area contributed by atoms with Gasteiger partial charge in [-0.3, -0.25) is 6.08 Å². The predicted octanol–water partition coefficient (Wildman–Crippen LogP) is 3.53. The van der Waals surface area contributed by atoms with Crippen molar-refractivity contribution in [1.29, 1.82) is 0 Å². The van der Waals surface area contributed by atoms with Crippen molar-refractivity contribution < 1.29 is 21.7 Å². The molecule has 0 atom stereocenters. The Kier molecular flexibility index (Phi) is 5.80. The standard InChI is InChI=1S/C10H15.ClH.Ti/c1-7-6-10(4,5)9(3)8(7)2;;/h1-5H3;1H;/q-1;;. The van der Waals surface area contributed by atoms with Gasteiger partial charge in [-0.1, -0.05) is 33.1 Å². The van der Waals surface area contributed by atoms with Crippen molar-refractivity contribution in [3.63, 3.8) is 0 Å². The smallest absolute Gasteiger partial charge is 0 e. The van der Waals surface area contributed by atoms with Crippen LogP contribution in [0.1, 0.15) is 34.6 Å². The van der Waals surface area contributed by atoms with Crippen LogP contribution in [-0.2, 0) is 21.7 Å². The van der Waals surface area contributed by atoms with E-state index in [1.165, 1.54) is 16.7 Å². The molecule has 2 heteroatoms. The molecule has 0 saturated carbocycles. The Morgan fingerprint density at radius 1 is 1.08 bits per heavy atom. The second-order valence-electron chi connectivity index (χ2n) is 3.62. The normalized spacial score (nSPS) is 19.6. The molecule has 0 unspecified atom stereocenters. The molecule has 0 spiro atoms. The summed E-state index contributed by atoms with van der Waals surface area (Å²) in [5, 5.41) is 0. The molecule has 0 amide bonds. The van der Waals surface area contributed by atoms with E-state index in [4.69, 9.17) is 0 Å². The fraction of sp³-hybridized carbons (Fsp3) is 0.600. The fourth-order valence-corrected chi connectivity index (χ4v) is 1.41. The Balaban J connectivity index is 0. The topological polar surface area (TPSA) is 0 Å². The molecule has 1 rings (SSSR count). The minimum Gasteiger partial charge on any atom is -0.263 e. The average molecular weight is 220 g/mol. The maximum absolute atomic E-state index is 3.44. The average Bonchev–Trinajstić information content (AvgIpc) is 1.95. The van der Waals surface area contributed by atoms with Crippen LogP contribution in [0.25, 0.3) is 0 Å². The second kappa shape index (κ2) is 4.65. The summed E-state index contributed by atoms with van der Waals surface area (Å²) in [6, 6.07) is 0. The number of hydrogen-bond acceptors (Lipinski definition) is 0. The Morgan fingerprint density at radius 3 is 1.58 bits per heavy atom. The van der Waals surface area contributed by atoms with Crippen molar-refractivity contribution in [2.24, 2.45) is 5.41 Å². The van der Waals surface area contributed by atoms with Crippen LogP contribution in [0.15, 0.2) is 16.7 Å². The third-order valence-electron chi connectivity index (χ3n) is 2.56. The summed E-state index contributed by atoms with van der Waals surface area (Å²) < 4.78 is 0. The van der Waals surface area contributed by atoms with Gasteiger partial charge in [0.05, 0.1) is 0 Å². The van der Waals surface area contributed by atoms with Crippen LogP contribution in [-0.4, -0.2) is 0 Å². The molecule has 0 N–H and O–H groups in total. The van der Waals surface area contributed by atoms with Gasteiger partial charge in [0.1, 0.15) is 0 Å². The van der Waals surface area contributed by atoms with Crippen LogP contribution >= 0.6 is 12.4 Å². The molecule has 1 aliphatic rings. The van der Waals surface area contributed by atoms with Crippen molar-refractivity contribution in [2.75, 3.05) is 0 Å². The van der Waals surface area contributed by atoms with Crippen LogP contribution in [0.4, 0.5) is 0 Å². The molecule has 0 heterocycles. The molecule has 0 aromatic heterocycles. The fourth-order valence-electron chi connectivity index (χ4n) is 1.41. The van der Waals surface area contributed by atoms with E-state index in [1.54, 1.807) is 0 Å². The van der Waals surface area contributed by atoms with Gasteiger partial charge in [-0.25, -0.2) is 5.57 Å². The summed E-state index contributed by atoms with van der Waals surface area (Å²) >= 11 is 0. The van der Waals surface area contributed by atoms with Gasteiger partial charge in [-0.15, -0.1) is 19.3 Å². The van der Waals surface area contributed by atoms with Crippen LogP contribution in [0.2, 0.25) is 0 Å². The summed E-state index contributed by atoms with van der Waals surface area (Å²) in [6.45, 7) is 10.9.